The van der Waals surface area contributed by atoms with Crippen molar-refractivity contribution < 1.29 is 31.5 Å². The highest BCUT2D eigenvalue weighted by Gasteiger charge is 2.37. The Morgan fingerprint density at radius 2 is 1.48 bits per heavy atom. The van der Waals surface area contributed by atoms with Gasteiger partial charge in [0, 0.05) is 6.54 Å². The number of urea groups is 1. The number of amides is 3. The summed E-state index contributed by atoms with van der Waals surface area (Å²) in [4.78, 5) is 26.3. The zero-order chi connectivity index (χ0) is 22.6. The van der Waals surface area contributed by atoms with Gasteiger partial charge in [0.05, 0.1) is 6.04 Å². The summed E-state index contributed by atoms with van der Waals surface area (Å²) >= 11 is 0. The lowest BCUT2D eigenvalue weighted by molar-refractivity contribution is -0.140. The number of rotatable bonds is 5. The number of nitrogens with zero attached hydrogens (tertiary/aromatic N) is 1. The van der Waals surface area contributed by atoms with Gasteiger partial charge in [0.1, 0.15) is 24.2 Å². The number of likely N-dealkylation sites (tertiary alicyclic amines) is 1. The molecule has 2 aromatic rings. The number of hydrogen-bond acceptors (Lipinski definition) is 2. The van der Waals surface area contributed by atoms with Crippen LogP contribution < -0.4 is 10.6 Å². The smallest absolute Gasteiger partial charge is 0.345 e. The van der Waals surface area contributed by atoms with Crippen molar-refractivity contribution in [1.82, 2.24) is 15.5 Å². The van der Waals surface area contributed by atoms with E-state index in [0.29, 0.717) is 17.5 Å². The van der Waals surface area contributed by atoms with Crippen molar-refractivity contribution in [2.45, 2.75) is 31.1 Å². The lowest BCUT2D eigenvalue weighted by atomic mass is 9.98. The first kappa shape index (κ1) is 22.5. The zero-order valence-electron chi connectivity index (χ0n) is 16.3. The predicted octanol–water partition coefficient (Wildman–Crippen LogP) is 3.91. The molecule has 1 saturated heterocycles. The molecule has 0 radical (unpaired) electrons. The van der Waals surface area contributed by atoms with Gasteiger partial charge in [-0.05, 0) is 48.2 Å². The molecule has 0 saturated carbocycles. The van der Waals surface area contributed by atoms with Crippen molar-refractivity contribution in [1.29, 1.82) is 0 Å². The molecule has 0 bridgehead atoms. The number of hydrogen-bond donors (Lipinski definition) is 2. The quantitative estimate of drug-likeness (QED) is 0.692. The monoisotopic (exact) mass is 441 g/mol. The predicted molar refractivity (Wildman–Crippen MR) is 102 cm³/mol. The molecule has 1 aliphatic rings. The molecule has 10 heteroatoms. The van der Waals surface area contributed by atoms with Crippen molar-refractivity contribution in [2.75, 3.05) is 13.1 Å². The first-order chi connectivity index (χ1) is 14.6. The largest absolute Gasteiger partial charge is 0.405 e. The van der Waals surface area contributed by atoms with E-state index in [4.69, 9.17) is 0 Å². The molecule has 5 nitrogen and oxygen atoms in total. The van der Waals surface area contributed by atoms with E-state index in [9.17, 15) is 31.5 Å². The molecule has 0 aromatic heterocycles. The van der Waals surface area contributed by atoms with Crippen LogP contribution in [-0.2, 0) is 4.79 Å². The second-order valence-electron chi connectivity index (χ2n) is 7.17. The summed E-state index contributed by atoms with van der Waals surface area (Å²) in [5.74, 6) is -1.84. The minimum absolute atomic E-state index is 0.190. The van der Waals surface area contributed by atoms with E-state index in [2.05, 4.69) is 5.32 Å². The van der Waals surface area contributed by atoms with Crippen molar-refractivity contribution in [3.05, 3.63) is 71.3 Å². The summed E-state index contributed by atoms with van der Waals surface area (Å²) in [6.45, 7) is -1.29. The Kier molecular flexibility index (Phi) is 6.77. The number of halogens is 5. The topological polar surface area (TPSA) is 61.4 Å². The van der Waals surface area contributed by atoms with E-state index in [1.165, 1.54) is 53.4 Å². The van der Waals surface area contributed by atoms with E-state index < -0.39 is 48.4 Å². The number of carbonyl (C=O) groups excluding carboxylic acids is 2. The minimum atomic E-state index is -4.56. The van der Waals surface area contributed by atoms with Crippen LogP contribution in [0.4, 0.5) is 26.7 Å². The number of nitrogens with one attached hydrogen (secondary N) is 2. The molecule has 3 amide bonds. The first-order valence-electron chi connectivity index (χ1n) is 9.56. The third-order valence-electron chi connectivity index (χ3n) is 4.95. The van der Waals surface area contributed by atoms with Gasteiger partial charge in [0.2, 0.25) is 5.91 Å². The fraction of sp³-hybridized carbons (Fsp3) is 0.333. The van der Waals surface area contributed by atoms with Crippen LogP contribution in [0.2, 0.25) is 0 Å². The third kappa shape index (κ3) is 5.93. The van der Waals surface area contributed by atoms with E-state index in [0.717, 1.165) is 0 Å². The first-order valence-corrected chi connectivity index (χ1v) is 9.56. The van der Waals surface area contributed by atoms with Crippen LogP contribution in [0.1, 0.15) is 30.0 Å². The Hall–Kier alpha value is -3.17. The van der Waals surface area contributed by atoms with Crippen molar-refractivity contribution in [3.8, 4) is 0 Å². The molecule has 0 unspecified atom stereocenters. The van der Waals surface area contributed by atoms with Gasteiger partial charge in [-0.15, -0.1) is 0 Å². The van der Waals surface area contributed by atoms with Gasteiger partial charge in [0.15, 0.2) is 0 Å². The van der Waals surface area contributed by atoms with E-state index in [1.807, 2.05) is 5.32 Å². The Morgan fingerprint density at radius 3 is 1.97 bits per heavy atom. The Balaban J connectivity index is 1.78. The highest BCUT2D eigenvalue weighted by atomic mass is 19.4. The summed E-state index contributed by atoms with van der Waals surface area (Å²) in [5.41, 5.74) is 1.03. The molecule has 2 N–H and O–H groups in total. The highest BCUT2D eigenvalue weighted by Crippen LogP contribution is 2.25. The molecular formula is C21H20F5N3O2. The van der Waals surface area contributed by atoms with Gasteiger partial charge < -0.3 is 15.5 Å². The summed E-state index contributed by atoms with van der Waals surface area (Å²) in [7, 11) is 0. The Morgan fingerprint density at radius 1 is 0.968 bits per heavy atom. The van der Waals surface area contributed by atoms with Crippen molar-refractivity contribution >= 4 is 11.9 Å². The van der Waals surface area contributed by atoms with Crippen LogP contribution in [-0.4, -0.2) is 42.1 Å². The van der Waals surface area contributed by atoms with E-state index >= 15 is 0 Å². The lowest BCUT2D eigenvalue weighted by Gasteiger charge is -2.28. The molecule has 1 aliphatic heterocycles. The average Bonchev–Trinajstić information content (AvgIpc) is 3.21. The molecule has 2 aromatic carbocycles. The van der Waals surface area contributed by atoms with Crippen molar-refractivity contribution in [2.24, 2.45) is 0 Å². The normalized spacial score (nSPS) is 16.5. The SMILES string of the molecule is O=C(NCC(F)(F)F)[C@@H]1CCCN1C(=O)NC(c1ccc(F)cc1)c1ccc(F)cc1. The van der Waals surface area contributed by atoms with Gasteiger partial charge in [-0.2, -0.15) is 13.2 Å². The molecule has 0 aliphatic carbocycles. The number of carbonyl (C=O) groups is 2. The van der Waals surface area contributed by atoms with Crippen molar-refractivity contribution in [3.63, 3.8) is 0 Å². The Labute approximate surface area is 175 Å². The van der Waals surface area contributed by atoms with Crippen LogP contribution in [0, 0.1) is 11.6 Å². The number of alkyl halides is 3. The fourth-order valence-electron chi connectivity index (χ4n) is 3.46. The number of benzene rings is 2. The van der Waals surface area contributed by atoms with Crippen LogP contribution in [0.15, 0.2) is 48.5 Å². The van der Waals surface area contributed by atoms with Crippen LogP contribution in [0.3, 0.4) is 0 Å². The third-order valence-corrected chi connectivity index (χ3v) is 4.95. The molecule has 166 valence electrons. The summed E-state index contributed by atoms with van der Waals surface area (Å²) in [5, 5.41) is 4.54. The molecule has 31 heavy (non-hydrogen) atoms. The second kappa shape index (κ2) is 9.32. The van der Waals surface area contributed by atoms with Gasteiger partial charge in [-0.3, -0.25) is 4.79 Å². The standard InChI is InChI=1S/C21H20F5N3O2/c22-15-7-3-13(4-8-15)18(14-5-9-16(23)10-6-14)28-20(31)29-11-1-2-17(29)19(30)27-12-21(24,25)26/h3-10,17-18H,1-2,11-12H2,(H,27,30)(H,28,31)/t17-/m0/s1. The van der Waals surface area contributed by atoms with Gasteiger partial charge in [-0.25, -0.2) is 13.6 Å². The summed E-state index contributed by atoms with van der Waals surface area (Å²) in [6.07, 6.45) is -3.87. The van der Waals surface area contributed by atoms with Crippen LogP contribution in [0.25, 0.3) is 0 Å². The molecule has 1 fully saturated rings. The maximum absolute atomic E-state index is 13.3. The van der Waals surface area contributed by atoms with Crippen LogP contribution in [0.5, 0.6) is 0 Å². The molecule has 1 atom stereocenters. The van der Waals surface area contributed by atoms with E-state index in [-0.39, 0.29) is 13.0 Å². The molecule has 3 rings (SSSR count). The zero-order valence-corrected chi connectivity index (χ0v) is 16.3. The highest BCUT2D eigenvalue weighted by molar-refractivity contribution is 5.88. The van der Waals surface area contributed by atoms with E-state index in [1.54, 1.807) is 0 Å². The van der Waals surface area contributed by atoms with Gasteiger partial charge in [-0.1, -0.05) is 24.3 Å². The fourth-order valence-corrected chi connectivity index (χ4v) is 3.46. The Bertz CT molecular complexity index is 871. The minimum Gasteiger partial charge on any atom is -0.345 e. The molecule has 1 heterocycles. The second-order valence-corrected chi connectivity index (χ2v) is 7.17. The maximum Gasteiger partial charge on any atom is 0.405 e. The molecule has 0 spiro atoms. The maximum atomic E-state index is 13.3. The summed E-state index contributed by atoms with van der Waals surface area (Å²) in [6, 6.07) is 8.19. The van der Waals surface area contributed by atoms with Gasteiger partial charge in [0.25, 0.3) is 0 Å². The van der Waals surface area contributed by atoms with Gasteiger partial charge >= 0.3 is 12.2 Å². The van der Waals surface area contributed by atoms with Crippen LogP contribution >= 0.6 is 0 Å². The summed E-state index contributed by atoms with van der Waals surface area (Å²) < 4.78 is 63.9. The molecular weight excluding hydrogens is 421 g/mol. The lowest BCUT2D eigenvalue weighted by Crippen LogP contribution is -2.51. The average molecular weight is 441 g/mol.